The zero-order valence-corrected chi connectivity index (χ0v) is 19.2. The van der Waals surface area contributed by atoms with E-state index >= 15 is 0 Å². The quantitative estimate of drug-likeness (QED) is 0.164. The normalized spacial score (nSPS) is 14.5. The lowest BCUT2D eigenvalue weighted by atomic mass is 10.1. The minimum Gasteiger partial charge on any atom is -0.482 e. The van der Waals surface area contributed by atoms with E-state index in [4.69, 9.17) is 17.0 Å². The molecule has 180 valence electrons. The first-order chi connectivity index (χ1) is 17.2. The van der Waals surface area contributed by atoms with E-state index in [0.717, 1.165) is 10.5 Å². The molecule has 0 aliphatic carbocycles. The molecule has 3 aromatic carbocycles. The standard InChI is InChI=1S/C25H17N3O7S/c29-22-19(23(30)27(25(36)26-22)18-8-4-7-17(13-18)24(31)32)11-16-9-10-21(20(12-16)28(33)34)35-14-15-5-2-1-3-6-15/h1-13H,14H2,(H,31,32)(H,26,29,36). The number of amides is 2. The van der Waals surface area contributed by atoms with E-state index in [2.05, 4.69) is 5.32 Å². The molecule has 3 aromatic rings. The van der Waals surface area contributed by atoms with Crippen molar-refractivity contribution in [2.45, 2.75) is 6.61 Å². The number of ether oxygens (including phenoxy) is 1. The number of carbonyl (C=O) groups excluding carboxylic acids is 2. The fourth-order valence-electron chi connectivity index (χ4n) is 3.46. The lowest BCUT2D eigenvalue weighted by Crippen LogP contribution is -2.54. The van der Waals surface area contributed by atoms with Crippen LogP contribution in [0, 0.1) is 10.1 Å². The number of thiocarbonyl (C=S) groups is 1. The number of nitro benzene ring substituents is 1. The van der Waals surface area contributed by atoms with Gasteiger partial charge in [-0.2, -0.15) is 0 Å². The summed E-state index contributed by atoms with van der Waals surface area (Å²) in [4.78, 5) is 49.1. The maximum Gasteiger partial charge on any atom is 0.335 e. The Morgan fingerprint density at radius 3 is 2.53 bits per heavy atom. The predicted octanol–water partition coefficient (Wildman–Crippen LogP) is 3.70. The molecular weight excluding hydrogens is 486 g/mol. The van der Waals surface area contributed by atoms with Crippen LogP contribution < -0.4 is 15.0 Å². The lowest BCUT2D eigenvalue weighted by molar-refractivity contribution is -0.386. The Labute approximate surface area is 209 Å². The molecule has 0 spiro atoms. The minimum atomic E-state index is -1.20. The smallest absolute Gasteiger partial charge is 0.335 e. The van der Waals surface area contributed by atoms with Crippen LogP contribution in [0.4, 0.5) is 11.4 Å². The second-order valence-corrected chi connectivity index (χ2v) is 7.96. The third-order valence-corrected chi connectivity index (χ3v) is 5.47. The topological polar surface area (TPSA) is 139 Å². The molecule has 0 saturated carbocycles. The van der Waals surface area contributed by atoms with Gasteiger partial charge in [-0.25, -0.2) is 4.79 Å². The highest BCUT2D eigenvalue weighted by Crippen LogP contribution is 2.30. The second kappa shape index (κ2) is 10.2. The summed E-state index contributed by atoms with van der Waals surface area (Å²) in [5, 5.41) is 23.1. The largest absolute Gasteiger partial charge is 0.482 e. The molecule has 11 heteroatoms. The number of carboxylic acids is 1. The molecule has 1 aliphatic heterocycles. The van der Waals surface area contributed by atoms with Crippen LogP contribution in [0.3, 0.4) is 0 Å². The van der Waals surface area contributed by atoms with Crippen molar-refractivity contribution >= 4 is 52.6 Å². The summed E-state index contributed by atoms with van der Waals surface area (Å²) in [5.41, 5.74) is 0.422. The molecule has 36 heavy (non-hydrogen) atoms. The molecule has 4 rings (SSSR count). The van der Waals surface area contributed by atoms with Crippen molar-refractivity contribution in [1.29, 1.82) is 0 Å². The summed E-state index contributed by atoms with van der Waals surface area (Å²) >= 11 is 5.12. The van der Waals surface area contributed by atoms with Crippen LogP contribution in [0.1, 0.15) is 21.5 Å². The SMILES string of the molecule is O=C1NC(=S)N(c2cccc(C(=O)O)c2)C(=O)C1=Cc1ccc(OCc2ccccc2)c([N+](=O)[O-])c1. The Morgan fingerprint density at radius 2 is 1.83 bits per heavy atom. The number of carbonyl (C=O) groups is 3. The zero-order valence-electron chi connectivity index (χ0n) is 18.4. The molecule has 1 aliphatic rings. The number of nitrogens with zero attached hydrogens (tertiary/aromatic N) is 2. The van der Waals surface area contributed by atoms with Gasteiger partial charge in [-0.3, -0.25) is 29.9 Å². The fraction of sp³-hybridized carbons (Fsp3) is 0.0400. The Kier molecular flexibility index (Phi) is 6.84. The van der Waals surface area contributed by atoms with Gasteiger partial charge in [0.25, 0.3) is 11.8 Å². The molecule has 0 unspecified atom stereocenters. The molecule has 2 amide bonds. The van der Waals surface area contributed by atoms with Crippen LogP contribution in [0.2, 0.25) is 0 Å². The number of rotatable bonds is 7. The van der Waals surface area contributed by atoms with Gasteiger partial charge in [-0.1, -0.05) is 42.5 Å². The molecule has 1 saturated heterocycles. The molecular formula is C25H17N3O7S. The fourth-order valence-corrected chi connectivity index (χ4v) is 3.74. The Hall–Kier alpha value is -4.90. The van der Waals surface area contributed by atoms with Crippen molar-refractivity contribution in [2.75, 3.05) is 4.90 Å². The average molecular weight is 503 g/mol. The molecule has 1 fully saturated rings. The van der Waals surface area contributed by atoms with Gasteiger partial charge in [0, 0.05) is 6.07 Å². The third kappa shape index (κ3) is 5.10. The van der Waals surface area contributed by atoms with Crippen LogP contribution in [-0.4, -0.2) is 32.9 Å². The number of nitro groups is 1. The highest BCUT2D eigenvalue weighted by molar-refractivity contribution is 7.80. The summed E-state index contributed by atoms with van der Waals surface area (Å²) in [6.07, 6.45) is 1.20. The summed E-state index contributed by atoms with van der Waals surface area (Å²) in [6, 6.07) is 18.7. The van der Waals surface area contributed by atoms with Gasteiger partial charge in [0.05, 0.1) is 16.2 Å². The van der Waals surface area contributed by atoms with Crippen LogP contribution in [0.15, 0.2) is 78.4 Å². The average Bonchev–Trinajstić information content (AvgIpc) is 2.86. The first-order valence-electron chi connectivity index (χ1n) is 10.4. The molecule has 10 nitrogen and oxygen atoms in total. The maximum atomic E-state index is 13.2. The van der Waals surface area contributed by atoms with Crippen molar-refractivity contribution in [3.63, 3.8) is 0 Å². The Balaban J connectivity index is 1.65. The van der Waals surface area contributed by atoms with Gasteiger partial charge in [-0.15, -0.1) is 0 Å². The van der Waals surface area contributed by atoms with Gasteiger partial charge in [0.2, 0.25) is 0 Å². The van der Waals surface area contributed by atoms with Crippen LogP contribution in [0.5, 0.6) is 5.75 Å². The third-order valence-electron chi connectivity index (χ3n) is 5.18. The Bertz CT molecular complexity index is 1440. The zero-order chi connectivity index (χ0) is 25.8. The van der Waals surface area contributed by atoms with Crippen LogP contribution >= 0.6 is 12.2 Å². The van der Waals surface area contributed by atoms with Gasteiger partial charge in [0.15, 0.2) is 10.9 Å². The van der Waals surface area contributed by atoms with Crippen molar-refractivity contribution in [1.82, 2.24) is 5.32 Å². The van der Waals surface area contributed by atoms with E-state index in [9.17, 15) is 29.6 Å². The molecule has 2 N–H and O–H groups in total. The summed E-state index contributed by atoms with van der Waals surface area (Å²) in [7, 11) is 0. The van der Waals surface area contributed by atoms with Crippen molar-refractivity contribution in [3.05, 3.63) is 105 Å². The van der Waals surface area contributed by atoms with Crippen molar-refractivity contribution in [2.24, 2.45) is 0 Å². The van der Waals surface area contributed by atoms with E-state index in [1.807, 2.05) is 30.3 Å². The number of hydrogen-bond acceptors (Lipinski definition) is 7. The highest BCUT2D eigenvalue weighted by Gasteiger charge is 2.35. The highest BCUT2D eigenvalue weighted by atomic mass is 32.1. The van der Waals surface area contributed by atoms with E-state index in [1.165, 1.54) is 48.5 Å². The minimum absolute atomic E-state index is 0.0266. The number of benzene rings is 3. The monoisotopic (exact) mass is 503 g/mol. The first-order valence-corrected chi connectivity index (χ1v) is 10.9. The van der Waals surface area contributed by atoms with Gasteiger partial charge in [-0.05, 0) is 53.7 Å². The van der Waals surface area contributed by atoms with Crippen molar-refractivity contribution < 1.29 is 29.2 Å². The predicted molar refractivity (Wildman–Crippen MR) is 133 cm³/mol. The number of anilines is 1. The number of nitrogens with one attached hydrogen (secondary N) is 1. The van der Waals surface area contributed by atoms with Crippen LogP contribution in [0.25, 0.3) is 6.08 Å². The first kappa shape index (κ1) is 24.2. The lowest BCUT2D eigenvalue weighted by Gasteiger charge is -2.29. The Morgan fingerprint density at radius 1 is 1.08 bits per heavy atom. The summed E-state index contributed by atoms with van der Waals surface area (Å²) < 4.78 is 5.61. The van der Waals surface area contributed by atoms with Gasteiger partial charge in [0.1, 0.15) is 12.2 Å². The van der Waals surface area contributed by atoms with Gasteiger partial charge >= 0.3 is 11.7 Å². The molecule has 1 heterocycles. The van der Waals surface area contributed by atoms with E-state index in [-0.39, 0.29) is 45.5 Å². The van der Waals surface area contributed by atoms with Crippen molar-refractivity contribution in [3.8, 4) is 5.75 Å². The van der Waals surface area contributed by atoms with E-state index in [1.54, 1.807) is 0 Å². The van der Waals surface area contributed by atoms with Crippen LogP contribution in [-0.2, 0) is 16.2 Å². The van der Waals surface area contributed by atoms with Gasteiger partial charge < -0.3 is 9.84 Å². The number of aromatic carboxylic acids is 1. The number of carboxylic acid groups (broad SMARTS) is 1. The second-order valence-electron chi connectivity index (χ2n) is 7.57. The molecule has 0 radical (unpaired) electrons. The molecule has 0 atom stereocenters. The maximum absolute atomic E-state index is 13.2. The number of hydrogen-bond donors (Lipinski definition) is 2. The summed E-state index contributed by atoms with van der Waals surface area (Å²) in [5.74, 6) is -2.77. The molecule has 0 bridgehead atoms. The summed E-state index contributed by atoms with van der Waals surface area (Å²) in [6.45, 7) is 0.116. The molecule has 0 aromatic heterocycles. The van der Waals surface area contributed by atoms with E-state index in [0.29, 0.717) is 0 Å². The van der Waals surface area contributed by atoms with E-state index < -0.39 is 22.7 Å².